The molecule has 2 rings (SSSR count). The van der Waals surface area contributed by atoms with Gasteiger partial charge in [0.25, 0.3) is 0 Å². The molecule has 4 heteroatoms. The van der Waals surface area contributed by atoms with Gasteiger partial charge in [-0.2, -0.15) is 0 Å². The summed E-state index contributed by atoms with van der Waals surface area (Å²) in [6, 6.07) is 7.29. The van der Waals surface area contributed by atoms with Gasteiger partial charge in [0.05, 0.1) is 18.2 Å². The molecule has 0 bridgehead atoms. The number of hydrogen-bond donors (Lipinski definition) is 2. The lowest BCUT2D eigenvalue weighted by atomic mass is 10.1. The summed E-state index contributed by atoms with van der Waals surface area (Å²) in [5.74, 6) is 5.27. The van der Waals surface area contributed by atoms with Gasteiger partial charge in [-0.15, -0.1) is 0 Å². The second-order valence-electron chi connectivity index (χ2n) is 4.06. The Bertz CT molecular complexity index is 481. The lowest BCUT2D eigenvalue weighted by Gasteiger charge is -2.10. The molecule has 1 aromatic carbocycles. The summed E-state index contributed by atoms with van der Waals surface area (Å²) in [5.41, 5.74) is 1.38. The molecule has 1 aliphatic heterocycles. The van der Waals surface area contributed by atoms with Crippen molar-refractivity contribution in [2.24, 2.45) is 5.92 Å². The van der Waals surface area contributed by atoms with Crippen LogP contribution in [0.2, 0.25) is 0 Å². The Labute approximate surface area is 106 Å². The third-order valence-corrected chi connectivity index (χ3v) is 2.79. The third kappa shape index (κ3) is 3.10. The summed E-state index contributed by atoms with van der Waals surface area (Å²) in [7, 11) is 0. The van der Waals surface area contributed by atoms with E-state index in [-0.39, 0.29) is 18.4 Å². The highest BCUT2D eigenvalue weighted by atomic mass is 16.5. The number of para-hydroxylation sites is 1. The number of amides is 1. The maximum atomic E-state index is 12.0. The van der Waals surface area contributed by atoms with Crippen molar-refractivity contribution in [3.63, 3.8) is 0 Å². The van der Waals surface area contributed by atoms with Gasteiger partial charge in [-0.25, -0.2) is 0 Å². The van der Waals surface area contributed by atoms with E-state index in [1.54, 1.807) is 6.07 Å². The lowest BCUT2D eigenvalue weighted by molar-refractivity contribution is -0.119. The maximum Gasteiger partial charge on any atom is 0.229 e. The Morgan fingerprint density at radius 2 is 2.33 bits per heavy atom. The number of aliphatic hydroxyl groups is 1. The topological polar surface area (TPSA) is 58.6 Å². The fourth-order valence-electron chi connectivity index (χ4n) is 1.81. The van der Waals surface area contributed by atoms with E-state index in [2.05, 4.69) is 17.2 Å². The van der Waals surface area contributed by atoms with Gasteiger partial charge in [-0.3, -0.25) is 4.79 Å². The van der Waals surface area contributed by atoms with Gasteiger partial charge in [-0.05, 0) is 18.6 Å². The van der Waals surface area contributed by atoms with E-state index >= 15 is 0 Å². The van der Waals surface area contributed by atoms with E-state index in [9.17, 15) is 4.79 Å². The molecule has 1 fully saturated rings. The molecule has 1 atom stereocenters. The summed E-state index contributed by atoms with van der Waals surface area (Å²) < 4.78 is 5.19. The van der Waals surface area contributed by atoms with Gasteiger partial charge in [0.2, 0.25) is 5.91 Å². The average Bonchev–Trinajstić information content (AvgIpc) is 2.91. The minimum atomic E-state index is -0.196. The predicted octanol–water partition coefficient (Wildman–Crippen LogP) is 1.01. The molecule has 0 aromatic heterocycles. The molecule has 0 saturated carbocycles. The third-order valence-electron chi connectivity index (χ3n) is 2.79. The van der Waals surface area contributed by atoms with Crippen LogP contribution in [0.3, 0.4) is 0 Å². The first-order valence-electron chi connectivity index (χ1n) is 5.88. The smallest absolute Gasteiger partial charge is 0.229 e. The highest BCUT2D eigenvalue weighted by molar-refractivity contribution is 5.94. The molecular formula is C14H15NO3. The summed E-state index contributed by atoms with van der Waals surface area (Å²) in [6.07, 6.45) is 0.760. The number of aliphatic hydroxyl groups excluding tert-OH is 1. The zero-order valence-electron chi connectivity index (χ0n) is 9.98. The molecule has 94 valence electrons. The van der Waals surface area contributed by atoms with Gasteiger partial charge < -0.3 is 15.2 Å². The van der Waals surface area contributed by atoms with Crippen molar-refractivity contribution in [1.29, 1.82) is 0 Å². The van der Waals surface area contributed by atoms with Crippen LogP contribution in [0.15, 0.2) is 24.3 Å². The molecule has 1 aliphatic rings. The highest BCUT2D eigenvalue weighted by Crippen LogP contribution is 2.18. The Morgan fingerprint density at radius 3 is 3.06 bits per heavy atom. The number of benzene rings is 1. The molecule has 0 aliphatic carbocycles. The molecule has 1 aromatic rings. The van der Waals surface area contributed by atoms with Crippen molar-refractivity contribution < 1.29 is 14.6 Å². The number of nitrogens with one attached hydrogen (secondary N) is 1. The number of rotatable bonds is 2. The molecule has 4 nitrogen and oxygen atoms in total. The van der Waals surface area contributed by atoms with E-state index < -0.39 is 0 Å². The zero-order valence-corrected chi connectivity index (χ0v) is 9.98. The summed E-state index contributed by atoms with van der Waals surface area (Å²) in [5, 5.41) is 11.6. The molecular weight excluding hydrogens is 230 g/mol. The van der Waals surface area contributed by atoms with Crippen LogP contribution in [0.25, 0.3) is 0 Å². The summed E-state index contributed by atoms with van der Waals surface area (Å²) in [6.45, 7) is 0.930. The number of ether oxygens (including phenoxy) is 1. The van der Waals surface area contributed by atoms with Crippen molar-refractivity contribution in [3.8, 4) is 11.8 Å². The van der Waals surface area contributed by atoms with Crippen LogP contribution in [0.1, 0.15) is 12.0 Å². The van der Waals surface area contributed by atoms with Crippen molar-refractivity contribution in [1.82, 2.24) is 0 Å². The van der Waals surface area contributed by atoms with E-state index in [0.717, 1.165) is 6.42 Å². The first-order valence-corrected chi connectivity index (χ1v) is 5.88. The first kappa shape index (κ1) is 12.6. The predicted molar refractivity (Wildman–Crippen MR) is 68.0 cm³/mol. The Morgan fingerprint density at radius 1 is 1.50 bits per heavy atom. The molecule has 1 amide bonds. The van der Waals surface area contributed by atoms with Crippen LogP contribution < -0.4 is 5.32 Å². The Balaban J connectivity index is 2.10. The van der Waals surface area contributed by atoms with Crippen LogP contribution in [0.4, 0.5) is 5.69 Å². The number of hydrogen-bond acceptors (Lipinski definition) is 3. The minimum Gasteiger partial charge on any atom is -0.384 e. The van der Waals surface area contributed by atoms with Crippen LogP contribution >= 0.6 is 0 Å². The molecule has 0 radical (unpaired) electrons. The van der Waals surface area contributed by atoms with Crippen LogP contribution in [0, 0.1) is 17.8 Å². The highest BCUT2D eigenvalue weighted by Gasteiger charge is 2.23. The standard InChI is InChI=1S/C14H15NO3/c16-8-3-5-11-4-1-2-6-13(11)15-14(17)12-7-9-18-10-12/h1-2,4,6,12,16H,7-10H2,(H,15,17). The van der Waals surface area contributed by atoms with Gasteiger partial charge >= 0.3 is 0 Å². The fraction of sp³-hybridized carbons (Fsp3) is 0.357. The molecule has 1 saturated heterocycles. The van der Waals surface area contributed by atoms with E-state index in [4.69, 9.17) is 9.84 Å². The molecule has 1 unspecified atom stereocenters. The monoisotopic (exact) mass is 245 g/mol. The first-order chi connectivity index (χ1) is 8.81. The van der Waals surface area contributed by atoms with E-state index in [0.29, 0.717) is 24.5 Å². The van der Waals surface area contributed by atoms with E-state index in [1.165, 1.54) is 0 Å². The van der Waals surface area contributed by atoms with Crippen LogP contribution in [0.5, 0.6) is 0 Å². The number of anilines is 1. The average molecular weight is 245 g/mol. The second-order valence-corrected chi connectivity index (χ2v) is 4.06. The summed E-state index contributed by atoms with van der Waals surface area (Å²) >= 11 is 0. The second kappa shape index (κ2) is 6.20. The van der Waals surface area contributed by atoms with Crippen LogP contribution in [-0.4, -0.2) is 30.8 Å². The van der Waals surface area contributed by atoms with E-state index in [1.807, 2.05) is 18.2 Å². The van der Waals surface area contributed by atoms with Gasteiger partial charge in [0, 0.05) is 12.2 Å². The fourth-order valence-corrected chi connectivity index (χ4v) is 1.81. The molecule has 1 heterocycles. The van der Waals surface area contributed by atoms with Crippen molar-refractivity contribution >= 4 is 11.6 Å². The number of carbonyl (C=O) groups excluding carboxylic acids is 1. The van der Waals surface area contributed by atoms with Crippen molar-refractivity contribution in [2.75, 3.05) is 25.1 Å². The largest absolute Gasteiger partial charge is 0.384 e. The van der Waals surface area contributed by atoms with Gasteiger partial charge in [0.1, 0.15) is 6.61 Å². The minimum absolute atomic E-state index is 0.0363. The van der Waals surface area contributed by atoms with Crippen molar-refractivity contribution in [2.45, 2.75) is 6.42 Å². The van der Waals surface area contributed by atoms with Gasteiger partial charge in [-0.1, -0.05) is 24.0 Å². The van der Waals surface area contributed by atoms with Gasteiger partial charge in [0.15, 0.2) is 0 Å². The Kier molecular flexibility index (Phi) is 4.35. The lowest BCUT2D eigenvalue weighted by Crippen LogP contribution is -2.23. The number of carbonyl (C=O) groups is 1. The summed E-state index contributed by atoms with van der Waals surface area (Å²) in [4.78, 5) is 12.0. The molecule has 18 heavy (non-hydrogen) atoms. The Hall–Kier alpha value is -1.83. The quantitative estimate of drug-likeness (QED) is 0.764. The zero-order chi connectivity index (χ0) is 12.8. The normalized spacial score (nSPS) is 17.9. The SMILES string of the molecule is O=C(Nc1ccccc1C#CCO)C1CCOC1. The molecule has 0 spiro atoms. The van der Waals surface area contributed by atoms with Crippen LogP contribution in [-0.2, 0) is 9.53 Å². The maximum absolute atomic E-state index is 12.0. The van der Waals surface area contributed by atoms with Crippen molar-refractivity contribution in [3.05, 3.63) is 29.8 Å². The molecule has 2 N–H and O–H groups in total.